The topological polar surface area (TPSA) is 0 Å². The molecular weight excluding hydrogens is 288 g/mol. The van der Waals surface area contributed by atoms with E-state index in [0.29, 0.717) is 0 Å². The van der Waals surface area contributed by atoms with Crippen LogP contribution < -0.4 is 0 Å². The van der Waals surface area contributed by atoms with Crippen molar-refractivity contribution < 1.29 is 0 Å². The second-order valence-corrected chi connectivity index (χ2v) is 6.55. The lowest BCUT2D eigenvalue weighted by molar-refractivity contribution is 1.50. The van der Waals surface area contributed by atoms with Crippen molar-refractivity contribution in [2.45, 2.75) is 13.8 Å². The number of rotatable bonds is 2. The fraction of sp³-hybridized carbons (Fsp3) is 0.0833. The first-order valence-corrected chi connectivity index (χ1v) is 8.36. The normalized spacial score (nSPS) is 11.6. The molecule has 0 aliphatic carbocycles. The Balaban J connectivity index is 1.66. The molecule has 116 valence electrons. The fourth-order valence-electron chi connectivity index (χ4n) is 3.17. The Morgan fingerprint density at radius 1 is 0.458 bits per heavy atom. The Labute approximate surface area is 143 Å². The Kier molecular flexibility index (Phi) is 3.66. The Morgan fingerprint density at radius 3 is 1.29 bits per heavy atom. The van der Waals surface area contributed by atoms with Gasteiger partial charge in [-0.1, -0.05) is 83.9 Å². The number of hydrogen-bond acceptors (Lipinski definition) is 0. The van der Waals surface area contributed by atoms with Crippen molar-refractivity contribution in [2.75, 3.05) is 0 Å². The molecule has 0 saturated heterocycles. The van der Waals surface area contributed by atoms with Gasteiger partial charge in [0.05, 0.1) is 0 Å². The standard InChI is InChI=1S/C24H20/c1-17-3-9-23-15-19(7-11-21(23)13-17)5-6-20-8-12-22-14-18(2)4-10-24(22)16-20/h3-16H,1-2H3/b6-5+. The molecule has 0 spiro atoms. The highest BCUT2D eigenvalue weighted by Crippen LogP contribution is 2.21. The van der Waals surface area contributed by atoms with Crippen LogP contribution in [-0.4, -0.2) is 0 Å². The van der Waals surface area contributed by atoms with Crippen LogP contribution in [0.15, 0.2) is 72.8 Å². The van der Waals surface area contributed by atoms with Gasteiger partial charge < -0.3 is 0 Å². The van der Waals surface area contributed by atoms with E-state index in [1.54, 1.807) is 0 Å². The van der Waals surface area contributed by atoms with Gasteiger partial charge in [-0.15, -0.1) is 0 Å². The van der Waals surface area contributed by atoms with Crippen LogP contribution in [0.25, 0.3) is 33.7 Å². The van der Waals surface area contributed by atoms with E-state index in [1.165, 1.54) is 43.8 Å². The van der Waals surface area contributed by atoms with Crippen molar-refractivity contribution in [3.8, 4) is 0 Å². The first kappa shape index (κ1) is 14.7. The first-order chi connectivity index (χ1) is 11.7. The zero-order valence-electron chi connectivity index (χ0n) is 14.1. The van der Waals surface area contributed by atoms with Gasteiger partial charge in [0.1, 0.15) is 0 Å². The summed E-state index contributed by atoms with van der Waals surface area (Å²) >= 11 is 0. The quantitative estimate of drug-likeness (QED) is 0.358. The van der Waals surface area contributed by atoms with E-state index in [1.807, 2.05) is 0 Å². The zero-order valence-corrected chi connectivity index (χ0v) is 14.1. The summed E-state index contributed by atoms with van der Waals surface area (Å²) in [6.45, 7) is 4.27. The lowest BCUT2D eigenvalue weighted by Crippen LogP contribution is -1.79. The predicted octanol–water partition coefficient (Wildman–Crippen LogP) is 6.78. The highest BCUT2D eigenvalue weighted by molar-refractivity contribution is 5.88. The van der Waals surface area contributed by atoms with Gasteiger partial charge in [-0.2, -0.15) is 0 Å². The van der Waals surface area contributed by atoms with Gasteiger partial charge in [0.2, 0.25) is 0 Å². The Morgan fingerprint density at radius 2 is 0.833 bits per heavy atom. The number of fused-ring (bicyclic) bond motifs is 2. The van der Waals surface area contributed by atoms with E-state index < -0.39 is 0 Å². The molecule has 0 N–H and O–H groups in total. The van der Waals surface area contributed by atoms with E-state index >= 15 is 0 Å². The minimum Gasteiger partial charge on any atom is -0.0587 e. The molecule has 4 rings (SSSR count). The molecular formula is C24H20. The maximum Gasteiger partial charge on any atom is -0.0178 e. The van der Waals surface area contributed by atoms with E-state index in [0.717, 1.165) is 0 Å². The fourth-order valence-corrected chi connectivity index (χ4v) is 3.17. The van der Waals surface area contributed by atoms with Gasteiger partial charge in [-0.3, -0.25) is 0 Å². The van der Waals surface area contributed by atoms with E-state index in [4.69, 9.17) is 0 Å². The summed E-state index contributed by atoms with van der Waals surface area (Å²) in [6.07, 6.45) is 4.38. The molecule has 0 heterocycles. The molecule has 0 aliphatic heterocycles. The molecule has 0 aromatic heterocycles. The summed E-state index contributed by atoms with van der Waals surface area (Å²) in [5.41, 5.74) is 5.07. The molecule has 0 bridgehead atoms. The number of hydrogen-bond donors (Lipinski definition) is 0. The third-order valence-corrected chi connectivity index (χ3v) is 4.51. The Hall–Kier alpha value is -2.86. The summed E-state index contributed by atoms with van der Waals surface area (Å²) in [5, 5.41) is 5.18. The van der Waals surface area contributed by atoms with Crippen LogP contribution in [0.5, 0.6) is 0 Å². The molecule has 4 aromatic carbocycles. The van der Waals surface area contributed by atoms with E-state index in [2.05, 4.69) is 98.8 Å². The zero-order chi connectivity index (χ0) is 16.5. The molecule has 0 radical (unpaired) electrons. The van der Waals surface area contributed by atoms with Crippen molar-refractivity contribution in [3.05, 3.63) is 95.1 Å². The molecule has 0 aliphatic rings. The van der Waals surface area contributed by atoms with Crippen molar-refractivity contribution in [1.82, 2.24) is 0 Å². The predicted molar refractivity (Wildman–Crippen MR) is 106 cm³/mol. The maximum atomic E-state index is 2.25. The van der Waals surface area contributed by atoms with Gasteiger partial charge in [0.15, 0.2) is 0 Å². The summed E-state index contributed by atoms with van der Waals surface area (Å²) in [7, 11) is 0. The average Bonchev–Trinajstić information content (AvgIpc) is 2.60. The molecule has 0 heteroatoms. The second-order valence-electron chi connectivity index (χ2n) is 6.55. The summed E-state index contributed by atoms with van der Waals surface area (Å²) in [4.78, 5) is 0. The third-order valence-electron chi connectivity index (χ3n) is 4.51. The minimum atomic E-state index is 1.23. The Bertz CT molecular complexity index is 981. The maximum absolute atomic E-state index is 2.25. The van der Waals surface area contributed by atoms with Crippen LogP contribution in [0.1, 0.15) is 22.3 Å². The molecule has 0 nitrogen and oxygen atoms in total. The minimum absolute atomic E-state index is 1.23. The van der Waals surface area contributed by atoms with Gasteiger partial charge in [-0.05, 0) is 58.7 Å². The molecule has 24 heavy (non-hydrogen) atoms. The lowest BCUT2D eigenvalue weighted by atomic mass is 10.0. The van der Waals surface area contributed by atoms with Crippen molar-refractivity contribution >= 4 is 33.7 Å². The van der Waals surface area contributed by atoms with Crippen molar-refractivity contribution in [3.63, 3.8) is 0 Å². The van der Waals surface area contributed by atoms with Gasteiger partial charge in [0, 0.05) is 0 Å². The molecule has 0 amide bonds. The highest BCUT2D eigenvalue weighted by Gasteiger charge is 1.97. The molecule has 0 fully saturated rings. The van der Waals surface area contributed by atoms with E-state index in [-0.39, 0.29) is 0 Å². The summed E-state index contributed by atoms with van der Waals surface area (Å²) in [5.74, 6) is 0. The highest BCUT2D eigenvalue weighted by atomic mass is 14.0. The van der Waals surface area contributed by atoms with Crippen molar-refractivity contribution in [1.29, 1.82) is 0 Å². The lowest BCUT2D eigenvalue weighted by Gasteiger charge is -2.03. The third kappa shape index (κ3) is 2.96. The van der Waals surface area contributed by atoms with Crippen molar-refractivity contribution in [2.24, 2.45) is 0 Å². The molecule has 4 aromatic rings. The second kappa shape index (κ2) is 5.98. The number of benzene rings is 4. The van der Waals surface area contributed by atoms with Crippen LogP contribution in [0, 0.1) is 13.8 Å². The van der Waals surface area contributed by atoms with Crippen LogP contribution in [-0.2, 0) is 0 Å². The average molecular weight is 308 g/mol. The SMILES string of the molecule is Cc1ccc2cc(/C=C/c3ccc4cc(C)ccc4c3)ccc2c1. The van der Waals surface area contributed by atoms with Crippen LogP contribution in [0.3, 0.4) is 0 Å². The van der Waals surface area contributed by atoms with Gasteiger partial charge >= 0.3 is 0 Å². The van der Waals surface area contributed by atoms with Gasteiger partial charge in [0.25, 0.3) is 0 Å². The summed E-state index contributed by atoms with van der Waals surface area (Å²) < 4.78 is 0. The van der Waals surface area contributed by atoms with Gasteiger partial charge in [-0.25, -0.2) is 0 Å². The largest absolute Gasteiger partial charge is 0.0587 e. The molecule has 0 saturated carbocycles. The monoisotopic (exact) mass is 308 g/mol. The van der Waals surface area contributed by atoms with Crippen LogP contribution >= 0.6 is 0 Å². The molecule has 0 unspecified atom stereocenters. The summed E-state index contributed by atoms with van der Waals surface area (Å²) in [6, 6.07) is 26.4. The van der Waals surface area contributed by atoms with Crippen LogP contribution in [0.4, 0.5) is 0 Å². The van der Waals surface area contributed by atoms with Crippen LogP contribution in [0.2, 0.25) is 0 Å². The first-order valence-electron chi connectivity index (χ1n) is 8.36. The van der Waals surface area contributed by atoms with E-state index in [9.17, 15) is 0 Å². The number of aryl methyl sites for hydroxylation is 2. The molecule has 0 atom stereocenters. The smallest absolute Gasteiger partial charge is 0.0178 e.